The highest BCUT2D eigenvalue weighted by atomic mass is 32.2. The number of nitrogens with two attached hydrogens (primary N) is 1. The second-order valence-electron chi connectivity index (χ2n) is 17.6. The molecule has 0 aliphatic carbocycles. The van der Waals surface area contributed by atoms with Crippen LogP contribution in [0, 0.1) is 0 Å². The van der Waals surface area contributed by atoms with E-state index in [1.165, 1.54) is 44.1 Å². The minimum absolute atomic E-state index is 0.0237. The van der Waals surface area contributed by atoms with Crippen molar-refractivity contribution in [2.45, 2.75) is 102 Å². The summed E-state index contributed by atoms with van der Waals surface area (Å²) >= 11 is 0. The zero-order valence-corrected chi connectivity index (χ0v) is 37.5. The molecule has 0 saturated carbocycles. The number of benzene rings is 4. The Kier molecular flexibility index (Phi) is 15.1. The van der Waals surface area contributed by atoms with E-state index in [9.17, 15) is 22.6 Å². The lowest BCUT2D eigenvalue weighted by molar-refractivity contribution is -0.438. The number of rotatable bonds is 21. The molecular formula is C51H63N4O6S+. The molecule has 11 heteroatoms. The van der Waals surface area contributed by atoms with E-state index in [1.807, 2.05) is 12.2 Å². The fraction of sp³-hybridized carbons (Fsp3) is 0.392. The molecule has 2 heterocycles. The maximum absolute atomic E-state index is 12.5. The molecule has 2 aliphatic rings. The number of carboxylic acid groups (broad SMARTS) is 1. The summed E-state index contributed by atoms with van der Waals surface area (Å²) in [7, 11) is -4.01. The summed E-state index contributed by atoms with van der Waals surface area (Å²) in [6.07, 6.45) is 20.6. The molecule has 1 atom stereocenters. The molecule has 5 N–H and O–H groups in total. The Labute approximate surface area is 367 Å². The predicted octanol–water partition coefficient (Wildman–Crippen LogP) is 9.65. The largest absolute Gasteiger partial charge is 0.480 e. The number of carbonyl (C=O) groups is 2. The van der Waals surface area contributed by atoms with Crippen LogP contribution in [0.1, 0.15) is 96.6 Å². The van der Waals surface area contributed by atoms with Gasteiger partial charge in [0.05, 0.1) is 11.2 Å². The van der Waals surface area contributed by atoms with Gasteiger partial charge in [-0.05, 0) is 104 Å². The minimum atomic E-state index is -4.01. The van der Waals surface area contributed by atoms with Crippen molar-refractivity contribution < 1.29 is 32.2 Å². The molecule has 328 valence electrons. The summed E-state index contributed by atoms with van der Waals surface area (Å²) in [6, 6.07) is 24.9. The quantitative estimate of drug-likeness (QED) is 0.0280. The standard InChI is InChI=1S/C51H62N4O6S/c1-50(2)44(54(42-31-29-37-21-12-14-23-39(37)47(42)50)34-18-8-11-28-46(56)53-33-17-16-25-41(52)49(57)58)26-9-6-5-7-10-27-45-51(3,4)48-40-24-15-13-22-38(40)30-32-43(48)55(45)35-19-20-36-62(59,60)61/h5-7,9-10,12-15,21-24,26-27,29-32,41H,8,11,16-20,25,28,33-36,52H2,1-4H3,(H2-,53,56,57,58,59,60,61)/p+1/t41-/m0/s1. The highest BCUT2D eigenvalue weighted by molar-refractivity contribution is 7.85. The Morgan fingerprint density at radius 1 is 0.774 bits per heavy atom. The van der Waals surface area contributed by atoms with Gasteiger partial charge in [0.15, 0.2) is 5.71 Å². The number of carbonyl (C=O) groups excluding carboxylic acids is 1. The summed E-state index contributed by atoms with van der Waals surface area (Å²) in [5, 5.41) is 16.8. The van der Waals surface area contributed by atoms with Gasteiger partial charge in [0.2, 0.25) is 11.6 Å². The number of hydrogen-bond donors (Lipinski definition) is 4. The molecule has 4 aromatic rings. The fourth-order valence-corrected chi connectivity index (χ4v) is 9.82. The van der Waals surface area contributed by atoms with Crippen LogP contribution in [-0.4, -0.2) is 71.7 Å². The maximum Gasteiger partial charge on any atom is 0.320 e. The Morgan fingerprint density at radius 3 is 2.15 bits per heavy atom. The van der Waals surface area contributed by atoms with E-state index in [0.717, 1.165) is 37.2 Å². The normalized spacial score (nSPS) is 17.0. The lowest BCUT2D eigenvalue weighted by Gasteiger charge is -2.27. The predicted molar refractivity (Wildman–Crippen MR) is 253 cm³/mol. The molecule has 6 rings (SSSR count). The first-order valence-electron chi connectivity index (χ1n) is 22.0. The summed E-state index contributed by atoms with van der Waals surface area (Å²) in [6.45, 7) is 11.1. The zero-order valence-electron chi connectivity index (χ0n) is 36.6. The Balaban J connectivity index is 1.14. The van der Waals surface area contributed by atoms with E-state index in [-0.39, 0.29) is 22.5 Å². The molecule has 4 aromatic carbocycles. The van der Waals surface area contributed by atoms with Gasteiger partial charge in [-0.2, -0.15) is 13.0 Å². The van der Waals surface area contributed by atoms with Gasteiger partial charge in [-0.3, -0.25) is 14.1 Å². The van der Waals surface area contributed by atoms with E-state index >= 15 is 0 Å². The summed E-state index contributed by atoms with van der Waals surface area (Å²) in [5.74, 6) is -1.22. The first-order chi connectivity index (χ1) is 29.6. The second-order valence-corrected chi connectivity index (χ2v) is 19.1. The molecule has 1 amide bonds. The van der Waals surface area contributed by atoms with Gasteiger partial charge < -0.3 is 21.1 Å². The van der Waals surface area contributed by atoms with Crippen molar-refractivity contribution in [1.82, 2.24) is 5.32 Å². The third kappa shape index (κ3) is 10.8. The van der Waals surface area contributed by atoms with Crippen molar-refractivity contribution in [1.29, 1.82) is 0 Å². The van der Waals surface area contributed by atoms with Gasteiger partial charge in [0, 0.05) is 60.4 Å². The van der Waals surface area contributed by atoms with E-state index in [2.05, 4.69) is 146 Å². The molecule has 0 aromatic heterocycles. The third-order valence-corrected chi connectivity index (χ3v) is 13.2. The van der Waals surface area contributed by atoms with Crippen molar-refractivity contribution >= 4 is 60.6 Å². The number of fused-ring (bicyclic) bond motifs is 6. The average molecular weight is 860 g/mol. The lowest BCUT2D eigenvalue weighted by atomic mass is 9.79. The monoisotopic (exact) mass is 859 g/mol. The highest BCUT2D eigenvalue weighted by Crippen LogP contribution is 2.51. The second kappa shape index (κ2) is 20.2. The van der Waals surface area contributed by atoms with Gasteiger partial charge in [0.25, 0.3) is 10.1 Å². The van der Waals surface area contributed by atoms with Crippen LogP contribution in [0.5, 0.6) is 0 Å². The van der Waals surface area contributed by atoms with E-state index in [0.29, 0.717) is 51.6 Å². The number of amides is 1. The van der Waals surface area contributed by atoms with Crippen molar-refractivity contribution in [2.24, 2.45) is 5.73 Å². The molecule has 0 saturated heterocycles. The number of carboxylic acids is 1. The number of aliphatic carboxylic acids is 1. The Bertz CT molecular complexity index is 2550. The third-order valence-electron chi connectivity index (χ3n) is 12.4. The van der Waals surface area contributed by atoms with Gasteiger partial charge >= 0.3 is 5.97 Å². The molecule has 10 nitrogen and oxygen atoms in total. The van der Waals surface area contributed by atoms with Gasteiger partial charge in [-0.15, -0.1) is 0 Å². The SMILES string of the molecule is CC1(C)C(\C=C/C=C/C=C/C=C2/N(CCCCS(=O)(=O)O)c3ccc4ccccc4c3C2(C)C)=[N+](CCCCCC(=O)NCCCC[C@H](N)C(=O)O)c2ccc3ccccc3c21. The number of anilines is 1. The Morgan fingerprint density at radius 2 is 1.44 bits per heavy atom. The first-order valence-corrected chi connectivity index (χ1v) is 23.6. The van der Waals surface area contributed by atoms with Crippen LogP contribution < -0.4 is 16.0 Å². The minimum Gasteiger partial charge on any atom is -0.480 e. The van der Waals surface area contributed by atoms with Crippen molar-refractivity contribution in [3.63, 3.8) is 0 Å². The number of unbranched alkanes of at least 4 members (excludes halogenated alkanes) is 4. The lowest BCUT2D eigenvalue weighted by Crippen LogP contribution is -2.30. The number of nitrogens with one attached hydrogen (secondary N) is 1. The summed E-state index contributed by atoms with van der Waals surface area (Å²) in [4.78, 5) is 25.7. The topological polar surface area (TPSA) is 153 Å². The Hall–Kier alpha value is -5.36. The van der Waals surface area contributed by atoms with Crippen LogP contribution in [0.15, 0.2) is 121 Å². The van der Waals surface area contributed by atoms with Gasteiger partial charge in [-0.25, -0.2) is 0 Å². The number of hydrogen-bond acceptors (Lipinski definition) is 6. The van der Waals surface area contributed by atoms with Crippen molar-refractivity contribution in [3.05, 3.63) is 132 Å². The summed E-state index contributed by atoms with van der Waals surface area (Å²) < 4.78 is 34.6. The van der Waals surface area contributed by atoms with Gasteiger partial charge in [0.1, 0.15) is 12.6 Å². The summed E-state index contributed by atoms with van der Waals surface area (Å²) in [5.41, 5.74) is 12.3. The zero-order chi connectivity index (χ0) is 44.5. The molecule has 0 bridgehead atoms. The van der Waals surface area contributed by atoms with Crippen LogP contribution >= 0.6 is 0 Å². The molecular weight excluding hydrogens is 797 g/mol. The smallest absolute Gasteiger partial charge is 0.320 e. The van der Waals surface area contributed by atoms with Crippen LogP contribution in [-0.2, 0) is 30.5 Å². The first kappa shape index (κ1) is 46.2. The molecule has 62 heavy (non-hydrogen) atoms. The van der Waals surface area contributed by atoms with Crippen molar-refractivity contribution in [3.8, 4) is 0 Å². The fourth-order valence-electron chi connectivity index (χ4n) is 9.25. The van der Waals surface area contributed by atoms with Crippen LogP contribution in [0.2, 0.25) is 0 Å². The van der Waals surface area contributed by atoms with Crippen LogP contribution in [0.4, 0.5) is 11.4 Å². The molecule has 0 spiro atoms. The van der Waals surface area contributed by atoms with E-state index < -0.39 is 22.1 Å². The van der Waals surface area contributed by atoms with Crippen LogP contribution in [0.25, 0.3) is 21.5 Å². The number of nitrogens with zero attached hydrogens (tertiary/aromatic N) is 2. The van der Waals surface area contributed by atoms with Gasteiger partial charge in [-0.1, -0.05) is 98.8 Å². The van der Waals surface area contributed by atoms with E-state index in [4.69, 9.17) is 10.8 Å². The highest BCUT2D eigenvalue weighted by Gasteiger charge is 2.45. The van der Waals surface area contributed by atoms with Crippen molar-refractivity contribution in [2.75, 3.05) is 30.3 Å². The molecule has 2 aliphatic heterocycles. The molecule has 0 unspecified atom stereocenters. The van der Waals surface area contributed by atoms with Crippen LogP contribution in [0.3, 0.4) is 0 Å². The molecule has 0 fully saturated rings. The molecule has 0 radical (unpaired) electrons. The number of allylic oxidation sites excluding steroid dienone is 8. The average Bonchev–Trinajstić information content (AvgIpc) is 3.59. The van der Waals surface area contributed by atoms with E-state index in [1.54, 1.807) is 0 Å². The maximum atomic E-state index is 12.5.